The number of carbonyl (C=O) groups is 1. The number of pyridine rings is 1. The average Bonchev–Trinajstić information content (AvgIpc) is 3.10. The monoisotopic (exact) mass is 339 g/mol. The Hall–Kier alpha value is -3.53. The highest BCUT2D eigenvalue weighted by molar-refractivity contribution is 5.98. The molecule has 0 amide bonds. The van der Waals surface area contributed by atoms with E-state index in [1.165, 1.54) is 0 Å². The Labute approximate surface area is 151 Å². The van der Waals surface area contributed by atoms with Gasteiger partial charge in [-0.1, -0.05) is 48.5 Å². The van der Waals surface area contributed by atoms with E-state index >= 15 is 0 Å². The molecule has 0 aliphatic heterocycles. The van der Waals surface area contributed by atoms with Crippen molar-refractivity contribution in [2.75, 3.05) is 0 Å². The molecule has 0 atom stereocenters. The molecule has 26 heavy (non-hydrogen) atoms. The standard InChI is InChI=1S/C22H17N3O/c26-22(18-6-2-1-3-7-18)14-17-9-11-21-19(13-17)20(24-25-21)10-8-16-5-4-12-23-15-16/h1-13,15H,14H2,(H,24,25)/b10-8+. The van der Waals surface area contributed by atoms with Gasteiger partial charge in [-0.2, -0.15) is 5.10 Å². The van der Waals surface area contributed by atoms with Gasteiger partial charge in [0.05, 0.1) is 11.2 Å². The third-order valence-corrected chi connectivity index (χ3v) is 4.24. The summed E-state index contributed by atoms with van der Waals surface area (Å²) in [4.78, 5) is 16.5. The second-order valence-corrected chi connectivity index (χ2v) is 6.07. The van der Waals surface area contributed by atoms with Gasteiger partial charge in [0.25, 0.3) is 0 Å². The number of hydrogen-bond acceptors (Lipinski definition) is 3. The minimum absolute atomic E-state index is 0.112. The zero-order chi connectivity index (χ0) is 17.8. The summed E-state index contributed by atoms with van der Waals surface area (Å²) in [6.45, 7) is 0. The summed E-state index contributed by atoms with van der Waals surface area (Å²) in [5.41, 5.74) is 4.52. The number of hydrogen-bond donors (Lipinski definition) is 1. The Bertz CT molecular complexity index is 1070. The molecule has 2 aromatic heterocycles. The Morgan fingerprint density at radius 1 is 1.00 bits per heavy atom. The Morgan fingerprint density at radius 2 is 1.88 bits per heavy atom. The maximum atomic E-state index is 12.4. The number of fused-ring (bicyclic) bond motifs is 1. The van der Waals surface area contributed by atoms with Crippen molar-refractivity contribution in [3.8, 4) is 0 Å². The number of aromatic nitrogens is 3. The minimum atomic E-state index is 0.112. The van der Waals surface area contributed by atoms with Crippen LogP contribution in [0.5, 0.6) is 0 Å². The van der Waals surface area contributed by atoms with Crippen LogP contribution >= 0.6 is 0 Å². The fourth-order valence-electron chi connectivity index (χ4n) is 2.88. The van der Waals surface area contributed by atoms with Crippen LogP contribution in [0, 0.1) is 0 Å². The maximum absolute atomic E-state index is 12.4. The van der Waals surface area contributed by atoms with Crippen LogP contribution in [0.3, 0.4) is 0 Å². The van der Waals surface area contributed by atoms with E-state index in [4.69, 9.17) is 0 Å². The van der Waals surface area contributed by atoms with Crippen LogP contribution < -0.4 is 0 Å². The summed E-state index contributed by atoms with van der Waals surface area (Å²) >= 11 is 0. The van der Waals surface area contributed by atoms with Gasteiger partial charge in [-0.15, -0.1) is 0 Å². The molecule has 0 spiro atoms. The second kappa shape index (κ2) is 7.15. The van der Waals surface area contributed by atoms with Crippen LogP contribution in [-0.4, -0.2) is 21.0 Å². The van der Waals surface area contributed by atoms with Gasteiger partial charge in [0.1, 0.15) is 0 Å². The minimum Gasteiger partial charge on any atom is -0.294 e. The predicted molar refractivity (Wildman–Crippen MR) is 104 cm³/mol. The quantitative estimate of drug-likeness (QED) is 0.543. The zero-order valence-corrected chi connectivity index (χ0v) is 14.1. The first kappa shape index (κ1) is 16.0. The van der Waals surface area contributed by atoms with Gasteiger partial charge in [0.2, 0.25) is 0 Å². The molecule has 4 nitrogen and oxygen atoms in total. The highest BCUT2D eigenvalue weighted by Crippen LogP contribution is 2.21. The van der Waals surface area contributed by atoms with E-state index in [0.29, 0.717) is 6.42 Å². The number of carbonyl (C=O) groups excluding carboxylic acids is 1. The molecule has 0 saturated carbocycles. The molecule has 2 heterocycles. The topological polar surface area (TPSA) is 58.6 Å². The van der Waals surface area contributed by atoms with Crippen LogP contribution in [0.1, 0.15) is 27.2 Å². The van der Waals surface area contributed by atoms with Gasteiger partial charge in [0, 0.05) is 29.8 Å². The normalized spacial score (nSPS) is 11.2. The lowest BCUT2D eigenvalue weighted by atomic mass is 10.0. The SMILES string of the molecule is O=C(Cc1ccc2n[nH]c(/C=C/c3cccnc3)c2c1)c1ccccc1. The van der Waals surface area contributed by atoms with Gasteiger partial charge in [-0.05, 0) is 35.4 Å². The van der Waals surface area contributed by atoms with Gasteiger partial charge >= 0.3 is 0 Å². The number of benzene rings is 2. The van der Waals surface area contributed by atoms with Gasteiger partial charge in [0.15, 0.2) is 5.78 Å². The van der Waals surface area contributed by atoms with Crippen molar-refractivity contribution in [1.82, 2.24) is 15.2 Å². The summed E-state index contributed by atoms with van der Waals surface area (Å²) in [7, 11) is 0. The number of ketones is 1. The van der Waals surface area contributed by atoms with Crippen molar-refractivity contribution in [2.24, 2.45) is 0 Å². The van der Waals surface area contributed by atoms with Crippen molar-refractivity contribution in [2.45, 2.75) is 6.42 Å². The molecule has 4 rings (SSSR count). The van der Waals surface area contributed by atoms with E-state index in [0.717, 1.165) is 33.3 Å². The zero-order valence-electron chi connectivity index (χ0n) is 14.1. The average molecular weight is 339 g/mol. The Balaban J connectivity index is 1.60. The van der Waals surface area contributed by atoms with E-state index < -0.39 is 0 Å². The van der Waals surface area contributed by atoms with Crippen molar-refractivity contribution in [3.05, 3.63) is 95.4 Å². The third-order valence-electron chi connectivity index (χ3n) is 4.24. The van der Waals surface area contributed by atoms with Crippen molar-refractivity contribution in [1.29, 1.82) is 0 Å². The van der Waals surface area contributed by atoms with Crippen LogP contribution in [0.15, 0.2) is 73.1 Å². The largest absolute Gasteiger partial charge is 0.294 e. The molecule has 0 fully saturated rings. The first-order valence-corrected chi connectivity index (χ1v) is 8.43. The number of Topliss-reactive ketones (excluding diaryl/α,β-unsaturated/α-hetero) is 1. The Morgan fingerprint density at radius 3 is 2.69 bits per heavy atom. The lowest BCUT2D eigenvalue weighted by Gasteiger charge is -2.02. The molecule has 126 valence electrons. The molecular formula is C22H17N3O. The lowest BCUT2D eigenvalue weighted by molar-refractivity contribution is 0.0993. The molecular weight excluding hydrogens is 322 g/mol. The number of H-pyrrole nitrogens is 1. The fourth-order valence-corrected chi connectivity index (χ4v) is 2.88. The van der Waals surface area contributed by atoms with Crippen molar-refractivity contribution in [3.63, 3.8) is 0 Å². The summed E-state index contributed by atoms with van der Waals surface area (Å²) in [5, 5.41) is 8.39. The van der Waals surface area contributed by atoms with Gasteiger partial charge < -0.3 is 0 Å². The highest BCUT2D eigenvalue weighted by Gasteiger charge is 2.09. The first-order chi connectivity index (χ1) is 12.8. The molecule has 0 saturated heterocycles. The molecule has 0 aliphatic rings. The van der Waals surface area contributed by atoms with Crippen molar-refractivity contribution >= 4 is 28.8 Å². The van der Waals surface area contributed by atoms with E-state index in [2.05, 4.69) is 15.2 Å². The molecule has 0 unspecified atom stereocenters. The number of nitrogens with one attached hydrogen (secondary N) is 1. The first-order valence-electron chi connectivity index (χ1n) is 8.43. The third kappa shape index (κ3) is 3.44. The summed E-state index contributed by atoms with van der Waals surface area (Å²) in [5.74, 6) is 0.112. The number of rotatable bonds is 5. The van der Waals surface area contributed by atoms with Crippen molar-refractivity contribution < 1.29 is 4.79 Å². The molecule has 0 bridgehead atoms. The summed E-state index contributed by atoms with van der Waals surface area (Å²) < 4.78 is 0. The molecule has 4 heteroatoms. The smallest absolute Gasteiger partial charge is 0.167 e. The highest BCUT2D eigenvalue weighted by atomic mass is 16.1. The van der Waals surface area contributed by atoms with Crippen LogP contribution in [0.4, 0.5) is 0 Å². The molecule has 0 aliphatic carbocycles. The van der Waals surface area contributed by atoms with E-state index in [-0.39, 0.29) is 5.78 Å². The fraction of sp³-hybridized carbons (Fsp3) is 0.0455. The molecule has 4 aromatic rings. The summed E-state index contributed by atoms with van der Waals surface area (Å²) in [6.07, 6.45) is 7.89. The van der Waals surface area contributed by atoms with E-state index in [1.807, 2.05) is 72.8 Å². The van der Waals surface area contributed by atoms with Crippen LogP contribution in [0.25, 0.3) is 23.1 Å². The Kier molecular flexibility index (Phi) is 4.39. The predicted octanol–water partition coefficient (Wildman–Crippen LogP) is 4.55. The number of nitrogens with zero attached hydrogens (tertiary/aromatic N) is 2. The molecule has 1 N–H and O–H groups in total. The second-order valence-electron chi connectivity index (χ2n) is 6.07. The maximum Gasteiger partial charge on any atom is 0.167 e. The van der Waals surface area contributed by atoms with Gasteiger partial charge in [-0.25, -0.2) is 0 Å². The number of aromatic amines is 1. The van der Waals surface area contributed by atoms with E-state index in [1.54, 1.807) is 12.4 Å². The lowest BCUT2D eigenvalue weighted by Crippen LogP contribution is -2.03. The van der Waals surface area contributed by atoms with Crippen LogP contribution in [-0.2, 0) is 6.42 Å². The molecule has 0 radical (unpaired) electrons. The van der Waals surface area contributed by atoms with Gasteiger partial charge in [-0.3, -0.25) is 14.9 Å². The molecule has 2 aromatic carbocycles. The summed E-state index contributed by atoms with van der Waals surface area (Å²) in [6, 6.07) is 19.2. The van der Waals surface area contributed by atoms with Crippen LogP contribution in [0.2, 0.25) is 0 Å². The van der Waals surface area contributed by atoms with E-state index in [9.17, 15) is 4.79 Å².